The monoisotopic (exact) mass is 206 g/mol. The van der Waals surface area contributed by atoms with E-state index >= 15 is 0 Å². The lowest BCUT2D eigenvalue weighted by molar-refractivity contribution is -0.120. The van der Waals surface area contributed by atoms with Gasteiger partial charge in [0.05, 0.1) is 0 Å². The van der Waals surface area contributed by atoms with E-state index in [9.17, 15) is 9.18 Å². The van der Waals surface area contributed by atoms with Crippen molar-refractivity contribution >= 4 is 5.78 Å². The van der Waals surface area contributed by atoms with Crippen LogP contribution in [0.1, 0.15) is 42.7 Å². The molecule has 1 aliphatic carbocycles. The van der Waals surface area contributed by atoms with Crippen LogP contribution in [-0.2, 0) is 4.79 Å². The lowest BCUT2D eigenvalue weighted by Gasteiger charge is -2.21. The van der Waals surface area contributed by atoms with Crippen LogP contribution in [0.25, 0.3) is 0 Å². The lowest BCUT2D eigenvalue weighted by Crippen LogP contribution is -2.13. The molecule has 1 aromatic carbocycles. The van der Waals surface area contributed by atoms with Gasteiger partial charge in [-0.1, -0.05) is 12.1 Å². The minimum absolute atomic E-state index is 0.162. The molecule has 1 unspecified atom stereocenters. The molecule has 0 spiro atoms. The highest BCUT2D eigenvalue weighted by Gasteiger charge is 2.21. The first-order valence-electron chi connectivity index (χ1n) is 5.44. The SMILES string of the molecule is Cc1ccc(C2CCCC(=O)C2)cc1F. The van der Waals surface area contributed by atoms with Gasteiger partial charge in [0.15, 0.2) is 0 Å². The first-order valence-corrected chi connectivity index (χ1v) is 5.44. The van der Waals surface area contributed by atoms with Gasteiger partial charge in [0, 0.05) is 12.8 Å². The molecule has 1 saturated carbocycles. The van der Waals surface area contributed by atoms with E-state index in [1.807, 2.05) is 6.07 Å². The highest BCUT2D eigenvalue weighted by molar-refractivity contribution is 5.80. The Bertz CT molecular complexity index is 384. The van der Waals surface area contributed by atoms with E-state index in [0.717, 1.165) is 18.4 Å². The summed E-state index contributed by atoms with van der Waals surface area (Å²) in [4.78, 5) is 11.3. The molecular formula is C13H15FO. The molecule has 0 bridgehead atoms. The van der Waals surface area contributed by atoms with E-state index in [0.29, 0.717) is 24.2 Å². The smallest absolute Gasteiger partial charge is 0.133 e. The number of hydrogen-bond acceptors (Lipinski definition) is 1. The molecule has 1 fully saturated rings. The Morgan fingerprint density at radius 1 is 1.40 bits per heavy atom. The van der Waals surface area contributed by atoms with Crippen molar-refractivity contribution in [2.75, 3.05) is 0 Å². The molecule has 0 aliphatic heterocycles. The van der Waals surface area contributed by atoms with E-state index in [2.05, 4.69) is 0 Å². The van der Waals surface area contributed by atoms with Gasteiger partial charge in [-0.3, -0.25) is 4.79 Å². The van der Waals surface area contributed by atoms with Crippen LogP contribution in [-0.4, -0.2) is 5.78 Å². The van der Waals surface area contributed by atoms with Crippen LogP contribution < -0.4 is 0 Å². The molecule has 1 atom stereocenters. The molecule has 2 heteroatoms. The maximum absolute atomic E-state index is 13.3. The van der Waals surface area contributed by atoms with E-state index in [1.54, 1.807) is 19.1 Å². The molecular weight excluding hydrogens is 191 g/mol. The second-order valence-electron chi connectivity index (χ2n) is 4.34. The summed E-state index contributed by atoms with van der Waals surface area (Å²) in [5.41, 5.74) is 1.65. The largest absolute Gasteiger partial charge is 0.300 e. The lowest BCUT2D eigenvalue weighted by atomic mass is 9.83. The zero-order valence-corrected chi connectivity index (χ0v) is 8.92. The summed E-state index contributed by atoms with van der Waals surface area (Å²) in [7, 11) is 0. The summed E-state index contributed by atoms with van der Waals surface area (Å²) in [6.45, 7) is 1.76. The maximum atomic E-state index is 13.3. The standard InChI is InChI=1S/C13H15FO/c1-9-5-6-11(8-13(9)14)10-3-2-4-12(15)7-10/h5-6,8,10H,2-4,7H2,1H3. The topological polar surface area (TPSA) is 17.1 Å². The minimum Gasteiger partial charge on any atom is -0.300 e. The minimum atomic E-state index is -0.162. The first-order chi connectivity index (χ1) is 7.16. The zero-order valence-electron chi connectivity index (χ0n) is 8.92. The van der Waals surface area contributed by atoms with Crippen molar-refractivity contribution in [1.82, 2.24) is 0 Å². The van der Waals surface area contributed by atoms with Crippen LogP contribution in [0.15, 0.2) is 18.2 Å². The van der Waals surface area contributed by atoms with Gasteiger partial charge in [0.1, 0.15) is 11.6 Å². The first kappa shape index (κ1) is 10.3. The number of carbonyl (C=O) groups is 1. The average Bonchev–Trinajstić information content (AvgIpc) is 2.22. The Hall–Kier alpha value is -1.18. The third kappa shape index (κ3) is 2.25. The molecule has 0 heterocycles. The molecule has 0 radical (unpaired) electrons. The number of halogens is 1. The summed E-state index contributed by atoms with van der Waals surface area (Å²) in [5.74, 6) is 0.388. The predicted octanol–water partition coefficient (Wildman–Crippen LogP) is 3.36. The van der Waals surface area contributed by atoms with Gasteiger partial charge in [-0.25, -0.2) is 4.39 Å². The van der Waals surface area contributed by atoms with Crippen molar-refractivity contribution in [2.45, 2.75) is 38.5 Å². The third-order valence-corrected chi connectivity index (χ3v) is 3.15. The summed E-state index contributed by atoms with van der Waals surface area (Å²) < 4.78 is 13.3. The van der Waals surface area contributed by atoms with E-state index in [1.165, 1.54) is 0 Å². The molecule has 1 nitrogen and oxygen atoms in total. The molecule has 0 aromatic heterocycles. The van der Waals surface area contributed by atoms with Gasteiger partial charge >= 0.3 is 0 Å². The van der Waals surface area contributed by atoms with Gasteiger partial charge in [0.2, 0.25) is 0 Å². The van der Waals surface area contributed by atoms with Crippen LogP contribution in [0.2, 0.25) is 0 Å². The Labute approximate surface area is 89.3 Å². The van der Waals surface area contributed by atoms with Gasteiger partial charge in [0.25, 0.3) is 0 Å². The summed E-state index contributed by atoms with van der Waals surface area (Å²) >= 11 is 0. The van der Waals surface area contributed by atoms with Crippen LogP contribution in [0.5, 0.6) is 0 Å². The van der Waals surface area contributed by atoms with Crippen molar-refractivity contribution < 1.29 is 9.18 Å². The maximum Gasteiger partial charge on any atom is 0.133 e. The quantitative estimate of drug-likeness (QED) is 0.688. The fourth-order valence-electron chi connectivity index (χ4n) is 2.17. The normalized spacial score (nSPS) is 21.7. The second-order valence-corrected chi connectivity index (χ2v) is 4.34. The van der Waals surface area contributed by atoms with Crippen molar-refractivity contribution in [2.24, 2.45) is 0 Å². The Kier molecular flexibility index (Phi) is 2.85. The molecule has 1 aromatic rings. The Morgan fingerprint density at radius 2 is 2.20 bits per heavy atom. The number of benzene rings is 1. The van der Waals surface area contributed by atoms with Crippen molar-refractivity contribution in [3.63, 3.8) is 0 Å². The second kappa shape index (κ2) is 4.13. The average molecular weight is 206 g/mol. The number of hydrogen-bond donors (Lipinski definition) is 0. The van der Waals surface area contributed by atoms with Crippen molar-refractivity contribution in [3.05, 3.63) is 35.1 Å². The number of aryl methyl sites for hydroxylation is 1. The van der Waals surface area contributed by atoms with Gasteiger partial charge < -0.3 is 0 Å². The van der Waals surface area contributed by atoms with Gasteiger partial charge in [-0.05, 0) is 42.9 Å². The molecule has 2 rings (SSSR count). The number of ketones is 1. The molecule has 80 valence electrons. The van der Waals surface area contributed by atoms with Crippen molar-refractivity contribution in [1.29, 1.82) is 0 Å². The van der Waals surface area contributed by atoms with Crippen LogP contribution in [0, 0.1) is 12.7 Å². The summed E-state index contributed by atoms with van der Waals surface area (Å²) in [6, 6.07) is 5.32. The molecule has 15 heavy (non-hydrogen) atoms. The van der Waals surface area contributed by atoms with Gasteiger partial charge in [-0.15, -0.1) is 0 Å². The fraction of sp³-hybridized carbons (Fsp3) is 0.462. The molecule has 0 saturated heterocycles. The summed E-state index contributed by atoms with van der Waals surface area (Å²) in [6.07, 6.45) is 3.24. The predicted molar refractivity (Wildman–Crippen MR) is 57.4 cm³/mol. The zero-order chi connectivity index (χ0) is 10.8. The highest BCUT2D eigenvalue weighted by atomic mass is 19.1. The van der Waals surface area contributed by atoms with Crippen LogP contribution >= 0.6 is 0 Å². The number of carbonyl (C=O) groups excluding carboxylic acids is 1. The Balaban J connectivity index is 2.21. The molecule has 0 N–H and O–H groups in total. The molecule has 1 aliphatic rings. The van der Waals surface area contributed by atoms with Crippen LogP contribution in [0.3, 0.4) is 0 Å². The van der Waals surface area contributed by atoms with E-state index in [-0.39, 0.29) is 11.7 Å². The number of rotatable bonds is 1. The number of Topliss-reactive ketones (excluding diaryl/α,β-unsaturated/α-hetero) is 1. The van der Waals surface area contributed by atoms with Crippen molar-refractivity contribution in [3.8, 4) is 0 Å². The van der Waals surface area contributed by atoms with Crippen LogP contribution in [0.4, 0.5) is 4.39 Å². The van der Waals surface area contributed by atoms with Gasteiger partial charge in [-0.2, -0.15) is 0 Å². The fourth-order valence-corrected chi connectivity index (χ4v) is 2.17. The third-order valence-electron chi connectivity index (χ3n) is 3.15. The highest BCUT2D eigenvalue weighted by Crippen LogP contribution is 2.31. The Morgan fingerprint density at radius 3 is 2.87 bits per heavy atom. The van der Waals surface area contributed by atoms with E-state index in [4.69, 9.17) is 0 Å². The molecule has 0 amide bonds. The summed E-state index contributed by atoms with van der Waals surface area (Å²) in [5, 5.41) is 0. The van der Waals surface area contributed by atoms with E-state index < -0.39 is 0 Å².